The molecule has 23 heavy (non-hydrogen) atoms. The third-order valence-corrected chi connectivity index (χ3v) is 3.75. The second-order valence-electron chi connectivity index (χ2n) is 5.71. The standard InChI is InChI=1S/C16H20N2O5/c1-3-6-17(10-11-4-5-11)15(19)12-7-13(16(20)23-2)9-14(8-12)18(21)22/h7-9,11H,3-6,10H2,1-2H3. The number of methoxy groups -OCH3 is 1. The number of rotatable bonds is 7. The number of carbonyl (C=O) groups is 2. The van der Waals surface area contributed by atoms with Gasteiger partial charge in [0.15, 0.2) is 0 Å². The molecule has 0 aliphatic heterocycles. The Morgan fingerprint density at radius 2 is 1.96 bits per heavy atom. The van der Waals surface area contributed by atoms with Crippen LogP contribution in [0.3, 0.4) is 0 Å². The molecule has 0 bridgehead atoms. The first-order chi connectivity index (χ1) is 11.0. The molecule has 0 spiro atoms. The summed E-state index contributed by atoms with van der Waals surface area (Å²) < 4.78 is 4.60. The lowest BCUT2D eigenvalue weighted by Crippen LogP contribution is -2.33. The number of hydrogen-bond acceptors (Lipinski definition) is 5. The highest BCUT2D eigenvalue weighted by molar-refractivity contribution is 5.99. The maximum absolute atomic E-state index is 12.7. The van der Waals surface area contributed by atoms with Gasteiger partial charge in [-0.2, -0.15) is 0 Å². The number of nitro groups is 1. The number of amides is 1. The van der Waals surface area contributed by atoms with Gasteiger partial charge in [0.25, 0.3) is 11.6 Å². The maximum Gasteiger partial charge on any atom is 0.338 e. The van der Waals surface area contributed by atoms with Gasteiger partial charge in [-0.25, -0.2) is 4.79 Å². The molecule has 1 aromatic carbocycles. The number of carbonyl (C=O) groups excluding carboxylic acids is 2. The fraction of sp³-hybridized carbons (Fsp3) is 0.500. The molecule has 1 amide bonds. The molecule has 1 fully saturated rings. The lowest BCUT2D eigenvalue weighted by atomic mass is 10.1. The van der Waals surface area contributed by atoms with Crippen LogP contribution in [0.5, 0.6) is 0 Å². The predicted molar refractivity (Wildman–Crippen MR) is 83.4 cm³/mol. The minimum Gasteiger partial charge on any atom is -0.465 e. The van der Waals surface area contributed by atoms with Crippen LogP contribution in [-0.2, 0) is 4.74 Å². The van der Waals surface area contributed by atoms with E-state index in [0.29, 0.717) is 19.0 Å². The van der Waals surface area contributed by atoms with Crippen molar-refractivity contribution < 1.29 is 19.2 Å². The lowest BCUT2D eigenvalue weighted by molar-refractivity contribution is -0.384. The average molecular weight is 320 g/mol. The number of hydrogen-bond donors (Lipinski definition) is 0. The van der Waals surface area contributed by atoms with E-state index in [4.69, 9.17) is 0 Å². The molecule has 0 heterocycles. The van der Waals surface area contributed by atoms with E-state index in [-0.39, 0.29) is 22.7 Å². The van der Waals surface area contributed by atoms with Gasteiger partial charge < -0.3 is 9.64 Å². The molecule has 1 aromatic rings. The molecular formula is C16H20N2O5. The summed E-state index contributed by atoms with van der Waals surface area (Å²) in [5, 5.41) is 11.1. The Bertz CT molecular complexity index is 625. The fourth-order valence-corrected chi connectivity index (χ4v) is 2.42. The monoisotopic (exact) mass is 320 g/mol. The zero-order valence-electron chi connectivity index (χ0n) is 13.3. The van der Waals surface area contributed by atoms with Gasteiger partial charge >= 0.3 is 5.97 Å². The third-order valence-electron chi connectivity index (χ3n) is 3.75. The number of nitrogens with zero attached hydrogens (tertiary/aromatic N) is 2. The zero-order valence-corrected chi connectivity index (χ0v) is 13.3. The number of benzene rings is 1. The molecule has 0 aromatic heterocycles. The highest BCUT2D eigenvalue weighted by atomic mass is 16.6. The summed E-state index contributed by atoms with van der Waals surface area (Å²) in [7, 11) is 1.19. The summed E-state index contributed by atoms with van der Waals surface area (Å²) >= 11 is 0. The first kappa shape index (κ1) is 16.9. The Labute approximate surface area is 134 Å². The fourth-order valence-electron chi connectivity index (χ4n) is 2.42. The van der Waals surface area contributed by atoms with Crippen LogP contribution >= 0.6 is 0 Å². The quantitative estimate of drug-likeness (QED) is 0.437. The van der Waals surface area contributed by atoms with Crippen molar-refractivity contribution in [3.63, 3.8) is 0 Å². The van der Waals surface area contributed by atoms with E-state index in [9.17, 15) is 19.7 Å². The Kier molecular flexibility index (Phi) is 5.31. The number of ether oxygens (including phenoxy) is 1. The van der Waals surface area contributed by atoms with Crippen molar-refractivity contribution in [1.29, 1.82) is 0 Å². The minimum absolute atomic E-state index is 0.00733. The van der Waals surface area contributed by atoms with Crippen LogP contribution in [-0.4, -0.2) is 41.9 Å². The first-order valence-electron chi connectivity index (χ1n) is 7.63. The Balaban J connectivity index is 2.34. The van der Waals surface area contributed by atoms with Crippen molar-refractivity contribution in [3.05, 3.63) is 39.4 Å². The molecule has 7 heteroatoms. The van der Waals surface area contributed by atoms with Crippen LogP contribution in [0.1, 0.15) is 46.9 Å². The number of nitro benzene ring substituents is 1. The Hall–Kier alpha value is -2.44. The van der Waals surface area contributed by atoms with Gasteiger partial charge in [0, 0.05) is 30.8 Å². The normalized spacial score (nSPS) is 13.5. The van der Waals surface area contributed by atoms with E-state index in [1.165, 1.54) is 19.2 Å². The highest BCUT2D eigenvalue weighted by Crippen LogP contribution is 2.30. The predicted octanol–water partition coefficient (Wildman–Crippen LogP) is 2.64. The highest BCUT2D eigenvalue weighted by Gasteiger charge is 2.28. The van der Waals surface area contributed by atoms with Crippen molar-refractivity contribution >= 4 is 17.6 Å². The number of esters is 1. The molecule has 1 aliphatic carbocycles. The van der Waals surface area contributed by atoms with Gasteiger partial charge in [-0.05, 0) is 31.2 Å². The van der Waals surface area contributed by atoms with Crippen molar-refractivity contribution in [3.8, 4) is 0 Å². The molecule has 124 valence electrons. The topological polar surface area (TPSA) is 89.8 Å². The molecule has 0 saturated heterocycles. The molecule has 1 saturated carbocycles. The summed E-state index contributed by atoms with van der Waals surface area (Å²) in [5.41, 5.74) is -0.138. The molecule has 7 nitrogen and oxygen atoms in total. The first-order valence-corrected chi connectivity index (χ1v) is 7.63. The van der Waals surface area contributed by atoms with Crippen LogP contribution in [0, 0.1) is 16.0 Å². The molecule has 0 unspecified atom stereocenters. The molecule has 0 radical (unpaired) electrons. The largest absolute Gasteiger partial charge is 0.465 e. The SMILES string of the molecule is CCCN(CC1CC1)C(=O)c1cc(C(=O)OC)cc([N+](=O)[O-])c1. The van der Waals surface area contributed by atoms with Gasteiger partial charge in [0.1, 0.15) is 0 Å². The van der Waals surface area contributed by atoms with Gasteiger partial charge in [-0.3, -0.25) is 14.9 Å². The molecular weight excluding hydrogens is 300 g/mol. The zero-order chi connectivity index (χ0) is 17.0. The minimum atomic E-state index is -0.702. The van der Waals surface area contributed by atoms with E-state index in [2.05, 4.69) is 4.74 Å². The smallest absolute Gasteiger partial charge is 0.338 e. The second kappa shape index (κ2) is 7.21. The second-order valence-corrected chi connectivity index (χ2v) is 5.71. The van der Waals surface area contributed by atoms with Crippen LogP contribution in [0.2, 0.25) is 0 Å². The Morgan fingerprint density at radius 3 is 2.48 bits per heavy atom. The van der Waals surface area contributed by atoms with Gasteiger partial charge in [-0.15, -0.1) is 0 Å². The van der Waals surface area contributed by atoms with Crippen molar-refractivity contribution in [2.45, 2.75) is 26.2 Å². The van der Waals surface area contributed by atoms with E-state index in [1.54, 1.807) is 4.90 Å². The van der Waals surface area contributed by atoms with Crippen molar-refractivity contribution in [2.75, 3.05) is 20.2 Å². The molecule has 1 aliphatic rings. The molecule has 0 N–H and O–H groups in total. The van der Waals surface area contributed by atoms with Gasteiger partial charge in [0.2, 0.25) is 0 Å². The summed E-state index contributed by atoms with van der Waals surface area (Å²) in [5.74, 6) is -0.469. The van der Waals surface area contributed by atoms with Crippen molar-refractivity contribution in [1.82, 2.24) is 4.90 Å². The molecule has 0 atom stereocenters. The van der Waals surface area contributed by atoms with Gasteiger partial charge in [0.05, 0.1) is 17.6 Å². The third kappa shape index (κ3) is 4.28. The lowest BCUT2D eigenvalue weighted by Gasteiger charge is -2.22. The van der Waals surface area contributed by atoms with Crippen LogP contribution in [0.25, 0.3) is 0 Å². The Morgan fingerprint density at radius 1 is 1.30 bits per heavy atom. The van der Waals surface area contributed by atoms with Gasteiger partial charge in [-0.1, -0.05) is 6.92 Å². The molecule has 2 rings (SSSR count). The number of non-ortho nitro benzene ring substituents is 1. The van der Waals surface area contributed by atoms with E-state index in [0.717, 1.165) is 25.3 Å². The van der Waals surface area contributed by atoms with E-state index < -0.39 is 10.9 Å². The van der Waals surface area contributed by atoms with Crippen LogP contribution in [0.15, 0.2) is 18.2 Å². The maximum atomic E-state index is 12.7. The van der Waals surface area contributed by atoms with E-state index >= 15 is 0 Å². The van der Waals surface area contributed by atoms with Crippen LogP contribution < -0.4 is 0 Å². The summed E-state index contributed by atoms with van der Waals surface area (Å²) in [6, 6.07) is 3.69. The van der Waals surface area contributed by atoms with Crippen molar-refractivity contribution in [2.24, 2.45) is 5.92 Å². The van der Waals surface area contributed by atoms with E-state index in [1.807, 2.05) is 6.92 Å². The van der Waals surface area contributed by atoms with Crippen LogP contribution in [0.4, 0.5) is 5.69 Å². The average Bonchev–Trinajstić information content (AvgIpc) is 3.36. The summed E-state index contributed by atoms with van der Waals surface area (Å²) in [6.45, 7) is 3.22. The summed E-state index contributed by atoms with van der Waals surface area (Å²) in [6.07, 6.45) is 3.02. The summed E-state index contributed by atoms with van der Waals surface area (Å²) in [4.78, 5) is 36.5.